The number of carboxylic acid groups (broad SMARTS) is 1. The third kappa shape index (κ3) is 9.33. The Balaban J connectivity index is 1.55. The van der Waals surface area contributed by atoms with Crippen LogP contribution >= 0.6 is 15.6 Å². The van der Waals surface area contributed by atoms with Crippen molar-refractivity contribution >= 4 is 44.9 Å². The van der Waals surface area contributed by atoms with E-state index in [0.29, 0.717) is 18.6 Å². The van der Waals surface area contributed by atoms with Crippen molar-refractivity contribution < 1.29 is 50.9 Å². The summed E-state index contributed by atoms with van der Waals surface area (Å²) < 4.78 is 62.3. The first kappa shape index (κ1) is 39.0. The molecule has 54 heavy (non-hydrogen) atoms. The molecule has 0 saturated heterocycles. The topological polar surface area (TPSA) is 199 Å². The van der Waals surface area contributed by atoms with E-state index >= 15 is 0 Å². The maximum absolute atomic E-state index is 12.8. The SMILES string of the molecule is COP(=O)(OC)OCCC(CCOP(=O)(OC)OC)C1=c2ccc([nH]2)=C(c2ccc(OCC(=O)O)cc2)c2ccc([nH]2)C=c2ccc([nH]2)=Cc2ccc1[nH]2. The molecule has 1 aliphatic rings. The van der Waals surface area contributed by atoms with Gasteiger partial charge in [-0.1, -0.05) is 12.1 Å². The van der Waals surface area contributed by atoms with E-state index in [1.54, 1.807) is 12.1 Å². The number of phosphoric ester groups is 2. The quantitative estimate of drug-likeness (QED) is 0.0852. The Labute approximate surface area is 310 Å². The van der Waals surface area contributed by atoms with E-state index in [9.17, 15) is 13.9 Å². The van der Waals surface area contributed by atoms with Crippen LogP contribution < -0.4 is 26.1 Å². The van der Waals surface area contributed by atoms with Crippen LogP contribution in [0, 0.1) is 5.92 Å². The first-order valence-corrected chi connectivity index (χ1v) is 19.8. The lowest BCUT2D eigenvalue weighted by atomic mass is 9.90. The van der Waals surface area contributed by atoms with Crippen molar-refractivity contribution in [3.05, 3.63) is 123 Å². The molecule has 0 saturated carbocycles. The number of fused-ring (bicyclic) bond motifs is 8. The smallest absolute Gasteiger partial charge is 0.474 e. The number of carboxylic acids is 1. The number of ether oxygens (including phenoxy) is 1. The normalized spacial score (nSPS) is 13.2. The molecule has 1 aliphatic heterocycles. The number of hydrogen-bond acceptors (Lipinski definition) is 10. The number of carbonyl (C=O) groups is 1. The number of rotatable bonds is 17. The predicted octanol–water partition coefficient (Wildman–Crippen LogP) is 4.11. The second-order valence-electron chi connectivity index (χ2n) is 12.2. The third-order valence-corrected chi connectivity index (χ3v) is 11.6. The van der Waals surface area contributed by atoms with Gasteiger partial charge >= 0.3 is 21.6 Å². The number of hydrogen-bond donors (Lipinski definition) is 5. The highest BCUT2D eigenvalue weighted by molar-refractivity contribution is 7.48. The molecule has 4 aromatic heterocycles. The first-order chi connectivity index (χ1) is 26.0. The summed E-state index contributed by atoms with van der Waals surface area (Å²) in [5.74, 6) is -0.989. The molecule has 0 fully saturated rings. The fourth-order valence-corrected chi connectivity index (χ4v) is 7.61. The zero-order chi connectivity index (χ0) is 38.3. The van der Waals surface area contributed by atoms with Crippen LogP contribution in [0.4, 0.5) is 0 Å². The number of aliphatic carboxylic acids is 1. The molecule has 15 nitrogen and oxygen atoms in total. The van der Waals surface area contributed by atoms with Crippen molar-refractivity contribution in [2.45, 2.75) is 12.8 Å². The second kappa shape index (κ2) is 17.2. The fourth-order valence-electron chi connectivity index (χ4n) is 6.24. The molecule has 5 N–H and O–H groups in total. The molecular formula is C37H42N4O11P2. The van der Waals surface area contributed by atoms with Gasteiger partial charge in [-0.15, -0.1) is 0 Å². The molecule has 0 amide bonds. The van der Waals surface area contributed by atoms with Gasteiger partial charge in [0.15, 0.2) is 6.61 Å². The lowest BCUT2D eigenvalue weighted by Gasteiger charge is -2.22. The number of phosphoric acid groups is 2. The Hall–Kier alpha value is -4.69. The highest BCUT2D eigenvalue weighted by Crippen LogP contribution is 2.49. The summed E-state index contributed by atoms with van der Waals surface area (Å²) in [5.41, 5.74) is 5.85. The summed E-state index contributed by atoms with van der Waals surface area (Å²) in [4.78, 5) is 25.3. The van der Waals surface area contributed by atoms with Gasteiger partial charge in [-0.05, 0) is 97.1 Å². The molecular weight excluding hydrogens is 738 g/mol. The lowest BCUT2D eigenvalue weighted by Crippen LogP contribution is -2.22. The molecule has 6 rings (SSSR count). The van der Waals surface area contributed by atoms with Crippen LogP contribution in [-0.2, 0) is 41.1 Å². The Morgan fingerprint density at radius 3 is 1.74 bits per heavy atom. The minimum atomic E-state index is -3.78. The number of aromatic amines is 4. The third-order valence-electron chi connectivity index (χ3n) is 8.81. The average molecular weight is 781 g/mol. The molecule has 0 atom stereocenters. The van der Waals surface area contributed by atoms with Gasteiger partial charge in [0.2, 0.25) is 0 Å². The highest BCUT2D eigenvalue weighted by atomic mass is 31.2. The van der Waals surface area contributed by atoms with E-state index in [1.807, 2.05) is 72.8 Å². The van der Waals surface area contributed by atoms with Crippen LogP contribution in [-0.4, -0.2) is 79.3 Å². The van der Waals surface area contributed by atoms with Gasteiger partial charge in [-0.3, -0.25) is 27.1 Å². The van der Waals surface area contributed by atoms with E-state index in [2.05, 4.69) is 19.9 Å². The highest BCUT2D eigenvalue weighted by Gasteiger charge is 2.28. The molecule has 0 radical (unpaired) electrons. The van der Waals surface area contributed by atoms with Crippen molar-refractivity contribution in [1.82, 2.24) is 19.9 Å². The molecule has 0 aliphatic carbocycles. The van der Waals surface area contributed by atoms with E-state index in [4.69, 9.17) is 37.0 Å². The molecule has 1 aromatic carbocycles. The zero-order valence-electron chi connectivity index (χ0n) is 30.1. The van der Waals surface area contributed by atoms with E-state index < -0.39 is 28.2 Å². The molecule has 286 valence electrons. The van der Waals surface area contributed by atoms with Crippen molar-refractivity contribution in [3.8, 4) is 5.75 Å². The maximum atomic E-state index is 12.8. The van der Waals surface area contributed by atoms with Gasteiger partial charge in [0.1, 0.15) is 5.75 Å². The zero-order valence-corrected chi connectivity index (χ0v) is 31.9. The van der Waals surface area contributed by atoms with Crippen LogP contribution in [0.15, 0.2) is 72.8 Å². The summed E-state index contributed by atoms with van der Waals surface area (Å²) >= 11 is 0. The Morgan fingerprint density at radius 2 is 1.19 bits per heavy atom. The van der Waals surface area contributed by atoms with Crippen LogP contribution in [0.3, 0.4) is 0 Å². The minimum Gasteiger partial charge on any atom is -0.482 e. The second-order valence-corrected chi connectivity index (χ2v) is 15.9. The Morgan fingerprint density at radius 1 is 0.648 bits per heavy atom. The standard InChI is InChI=1S/C37H42N4O11P2/c1-46-53(44,47-2)51-19-17-25(18-20-52-54(45,48-3)49-4)37-32-14-10-29(40-32)22-27-8-7-26(38-27)21-28-9-13-31(39-28)36(33-15-16-34(37)41-33)24-5-11-30(12-6-24)50-23-35(42)43/h5-16,21-22,25,38-41H,17-20,23H2,1-4H3,(H,42,43). The van der Waals surface area contributed by atoms with Crippen LogP contribution in [0.25, 0.3) is 23.3 Å². The van der Waals surface area contributed by atoms with E-state index in [0.717, 1.165) is 60.9 Å². The van der Waals surface area contributed by atoms with Gasteiger partial charge in [0, 0.05) is 83.8 Å². The van der Waals surface area contributed by atoms with Crippen molar-refractivity contribution in [3.63, 3.8) is 0 Å². The van der Waals surface area contributed by atoms with Gasteiger partial charge in [-0.2, -0.15) is 0 Å². The van der Waals surface area contributed by atoms with Crippen LogP contribution in [0.1, 0.15) is 41.2 Å². The molecule has 5 heterocycles. The first-order valence-electron chi connectivity index (χ1n) is 16.9. The number of H-pyrrole nitrogens is 4. The van der Waals surface area contributed by atoms with Gasteiger partial charge < -0.3 is 29.8 Å². The van der Waals surface area contributed by atoms with Gasteiger partial charge in [-0.25, -0.2) is 13.9 Å². The molecule has 0 unspecified atom stereocenters. The molecule has 0 spiro atoms. The summed E-state index contributed by atoms with van der Waals surface area (Å²) in [6.07, 6.45) is 4.68. The maximum Gasteiger partial charge on any atom is 0.474 e. The van der Waals surface area contributed by atoms with Crippen molar-refractivity contribution in [2.24, 2.45) is 5.92 Å². The molecule has 5 aromatic rings. The number of benzene rings is 1. The number of aromatic nitrogens is 4. The minimum absolute atomic E-state index is 0.00667. The summed E-state index contributed by atoms with van der Waals surface area (Å²) in [6, 6.07) is 23.1. The van der Waals surface area contributed by atoms with E-state index in [-0.39, 0.29) is 19.1 Å². The Kier molecular flexibility index (Phi) is 12.4. The fraction of sp³-hybridized carbons (Fsp3) is 0.270. The van der Waals surface area contributed by atoms with Crippen molar-refractivity contribution in [2.75, 3.05) is 48.3 Å². The van der Waals surface area contributed by atoms with Gasteiger partial charge in [0.05, 0.1) is 13.2 Å². The number of nitrogens with one attached hydrogen (secondary N) is 4. The molecule has 8 bridgehead atoms. The van der Waals surface area contributed by atoms with Crippen LogP contribution in [0.2, 0.25) is 0 Å². The monoisotopic (exact) mass is 780 g/mol. The summed E-state index contributed by atoms with van der Waals surface area (Å²) in [6.45, 7) is -0.468. The summed E-state index contributed by atoms with van der Waals surface area (Å²) in [5, 5.41) is 12.4. The lowest BCUT2D eigenvalue weighted by molar-refractivity contribution is -0.139. The summed E-state index contributed by atoms with van der Waals surface area (Å²) in [7, 11) is -2.57. The van der Waals surface area contributed by atoms with Gasteiger partial charge in [0.25, 0.3) is 0 Å². The predicted molar refractivity (Wildman–Crippen MR) is 200 cm³/mol. The largest absolute Gasteiger partial charge is 0.482 e. The van der Waals surface area contributed by atoms with Crippen molar-refractivity contribution in [1.29, 1.82) is 0 Å². The average Bonchev–Trinajstić information content (AvgIpc) is 4.01. The Bertz CT molecular complexity index is 2380. The van der Waals surface area contributed by atoms with Crippen LogP contribution in [0.5, 0.6) is 5.75 Å². The molecule has 17 heteroatoms. The van der Waals surface area contributed by atoms with E-state index in [1.165, 1.54) is 28.4 Å².